The molecular weight excluding hydrogens is 352 g/mol. The molecule has 1 aliphatic heterocycles. The van der Waals surface area contributed by atoms with Crippen molar-refractivity contribution in [2.45, 2.75) is 20.8 Å². The number of nitrogens with zero attached hydrogens (tertiary/aromatic N) is 3. The fourth-order valence-corrected chi connectivity index (χ4v) is 3.24. The quantitative estimate of drug-likeness (QED) is 0.692. The van der Waals surface area contributed by atoms with Crippen LogP contribution < -0.4 is 19.7 Å². The van der Waals surface area contributed by atoms with E-state index in [1.807, 2.05) is 31.2 Å². The van der Waals surface area contributed by atoms with Crippen molar-refractivity contribution < 1.29 is 9.47 Å². The fraction of sp³-hybridized carbons (Fsp3) is 0.273. The predicted molar refractivity (Wildman–Crippen MR) is 111 cm³/mol. The molecule has 1 aliphatic rings. The van der Waals surface area contributed by atoms with E-state index in [9.17, 15) is 0 Å². The van der Waals surface area contributed by atoms with Gasteiger partial charge in [-0.3, -0.25) is 0 Å². The Labute approximate surface area is 165 Å². The van der Waals surface area contributed by atoms with E-state index in [4.69, 9.17) is 14.5 Å². The van der Waals surface area contributed by atoms with E-state index in [0.717, 1.165) is 40.9 Å². The lowest BCUT2D eigenvalue weighted by molar-refractivity contribution is 0.171. The number of aryl methyl sites for hydroxylation is 2. The lowest BCUT2D eigenvalue weighted by Crippen LogP contribution is -2.19. The van der Waals surface area contributed by atoms with Crippen LogP contribution in [0.2, 0.25) is 0 Å². The lowest BCUT2D eigenvalue weighted by atomic mass is 10.2. The lowest BCUT2D eigenvalue weighted by Gasteiger charge is -2.22. The highest BCUT2D eigenvalue weighted by molar-refractivity contribution is 5.64. The molecule has 0 spiro atoms. The highest BCUT2D eigenvalue weighted by Crippen LogP contribution is 2.34. The Morgan fingerprint density at radius 1 is 0.964 bits per heavy atom. The molecule has 0 bridgehead atoms. The van der Waals surface area contributed by atoms with Crippen molar-refractivity contribution in [1.29, 1.82) is 0 Å². The van der Waals surface area contributed by atoms with Gasteiger partial charge in [0.05, 0.1) is 0 Å². The van der Waals surface area contributed by atoms with Gasteiger partial charge in [-0.1, -0.05) is 12.1 Å². The minimum absolute atomic E-state index is 0.565. The number of anilines is 4. The number of rotatable bonds is 5. The Balaban J connectivity index is 1.63. The maximum absolute atomic E-state index is 5.67. The second kappa shape index (κ2) is 7.76. The summed E-state index contributed by atoms with van der Waals surface area (Å²) < 4.78 is 11.3. The number of fused-ring (bicyclic) bond motifs is 1. The Bertz CT molecular complexity index is 990. The van der Waals surface area contributed by atoms with Gasteiger partial charge in [0.1, 0.15) is 19.0 Å². The maximum atomic E-state index is 5.67. The largest absolute Gasteiger partial charge is 0.486 e. The first-order valence-corrected chi connectivity index (χ1v) is 9.49. The Morgan fingerprint density at radius 2 is 1.79 bits per heavy atom. The average Bonchev–Trinajstić information content (AvgIpc) is 2.68. The van der Waals surface area contributed by atoms with Crippen molar-refractivity contribution in [2.24, 2.45) is 0 Å². The van der Waals surface area contributed by atoms with E-state index in [1.165, 1.54) is 5.56 Å². The number of ether oxygens (including phenoxy) is 2. The Kier molecular flexibility index (Phi) is 5.02. The summed E-state index contributed by atoms with van der Waals surface area (Å²) in [5, 5.41) is 3.36. The maximum Gasteiger partial charge on any atom is 0.232 e. The van der Waals surface area contributed by atoms with E-state index >= 15 is 0 Å². The van der Waals surface area contributed by atoms with Crippen LogP contribution in [-0.2, 0) is 0 Å². The van der Waals surface area contributed by atoms with Gasteiger partial charge in [-0.25, -0.2) is 4.98 Å². The number of hydrogen-bond acceptors (Lipinski definition) is 6. The molecule has 0 amide bonds. The molecule has 1 aromatic heterocycles. The topological polar surface area (TPSA) is 59.5 Å². The zero-order valence-corrected chi connectivity index (χ0v) is 16.4. The second-order valence-electron chi connectivity index (χ2n) is 6.76. The Morgan fingerprint density at radius 3 is 2.57 bits per heavy atom. The Hall–Kier alpha value is -3.28. The minimum atomic E-state index is 0.565. The van der Waals surface area contributed by atoms with Crippen molar-refractivity contribution in [1.82, 2.24) is 9.97 Å². The smallest absolute Gasteiger partial charge is 0.232 e. The van der Waals surface area contributed by atoms with Gasteiger partial charge in [0.25, 0.3) is 0 Å². The highest BCUT2D eigenvalue weighted by Gasteiger charge is 2.14. The summed E-state index contributed by atoms with van der Waals surface area (Å²) in [7, 11) is 0. The molecule has 0 atom stereocenters. The van der Waals surface area contributed by atoms with Gasteiger partial charge >= 0.3 is 0 Å². The van der Waals surface area contributed by atoms with Crippen LogP contribution in [-0.4, -0.2) is 29.7 Å². The molecule has 0 saturated heterocycles. The molecule has 0 saturated carbocycles. The third-order valence-corrected chi connectivity index (χ3v) is 4.53. The second-order valence-corrected chi connectivity index (χ2v) is 6.76. The van der Waals surface area contributed by atoms with E-state index in [-0.39, 0.29) is 0 Å². The SMILES string of the molecule is CCN(c1cccc(C)c1)c1nc(C)cc(Nc2ccc3c(c2)OCCO3)n1. The van der Waals surface area contributed by atoms with Gasteiger partial charge in [0, 0.05) is 35.7 Å². The summed E-state index contributed by atoms with van der Waals surface area (Å²) in [5.41, 5.74) is 4.08. The normalized spacial score (nSPS) is 12.5. The van der Waals surface area contributed by atoms with Crippen LogP contribution in [0.3, 0.4) is 0 Å². The molecule has 0 fully saturated rings. The molecule has 1 N–H and O–H groups in total. The van der Waals surface area contributed by atoms with Crippen molar-refractivity contribution in [3.8, 4) is 11.5 Å². The monoisotopic (exact) mass is 376 g/mol. The fourth-order valence-electron chi connectivity index (χ4n) is 3.24. The van der Waals surface area contributed by atoms with Crippen LogP contribution in [0.25, 0.3) is 0 Å². The molecule has 2 aromatic carbocycles. The first-order valence-electron chi connectivity index (χ1n) is 9.49. The van der Waals surface area contributed by atoms with Gasteiger partial charge in [-0.2, -0.15) is 4.98 Å². The first kappa shape index (κ1) is 18.1. The van der Waals surface area contributed by atoms with E-state index in [1.54, 1.807) is 0 Å². The third kappa shape index (κ3) is 3.86. The molecule has 0 aliphatic carbocycles. The molecular formula is C22H24N4O2. The number of hydrogen-bond donors (Lipinski definition) is 1. The van der Waals surface area contributed by atoms with E-state index in [0.29, 0.717) is 19.2 Å². The van der Waals surface area contributed by atoms with Gasteiger partial charge in [0.2, 0.25) is 5.95 Å². The molecule has 6 heteroatoms. The van der Waals surface area contributed by atoms with Gasteiger partial charge in [-0.05, 0) is 50.6 Å². The molecule has 0 unspecified atom stereocenters. The van der Waals surface area contributed by atoms with Crippen LogP contribution in [0.15, 0.2) is 48.5 Å². The summed E-state index contributed by atoms with van der Waals surface area (Å²) >= 11 is 0. The average molecular weight is 376 g/mol. The summed E-state index contributed by atoms with van der Waals surface area (Å²) in [5.74, 6) is 2.93. The summed E-state index contributed by atoms with van der Waals surface area (Å²) in [4.78, 5) is 11.5. The molecule has 144 valence electrons. The zero-order valence-electron chi connectivity index (χ0n) is 16.4. The van der Waals surface area contributed by atoms with Crippen LogP contribution in [0, 0.1) is 13.8 Å². The number of nitrogens with one attached hydrogen (secondary N) is 1. The molecule has 28 heavy (non-hydrogen) atoms. The van der Waals surface area contributed by atoms with Crippen molar-refractivity contribution >= 4 is 23.1 Å². The first-order chi connectivity index (χ1) is 13.6. The van der Waals surface area contributed by atoms with Crippen molar-refractivity contribution in [3.05, 3.63) is 59.8 Å². The molecule has 0 radical (unpaired) electrons. The van der Waals surface area contributed by atoms with Crippen molar-refractivity contribution in [3.63, 3.8) is 0 Å². The van der Waals surface area contributed by atoms with Crippen LogP contribution in [0.4, 0.5) is 23.1 Å². The van der Waals surface area contributed by atoms with Gasteiger partial charge < -0.3 is 19.7 Å². The summed E-state index contributed by atoms with van der Waals surface area (Å²) in [6.45, 7) is 8.08. The molecule has 4 rings (SSSR count). The zero-order chi connectivity index (χ0) is 19.5. The highest BCUT2D eigenvalue weighted by atomic mass is 16.6. The van der Waals surface area contributed by atoms with Crippen molar-refractivity contribution in [2.75, 3.05) is 30.0 Å². The molecule has 3 aromatic rings. The number of aromatic nitrogens is 2. The van der Waals surface area contributed by atoms with E-state index < -0.39 is 0 Å². The van der Waals surface area contributed by atoms with Gasteiger partial charge in [-0.15, -0.1) is 0 Å². The number of benzene rings is 2. The third-order valence-electron chi connectivity index (χ3n) is 4.53. The molecule has 2 heterocycles. The molecule has 6 nitrogen and oxygen atoms in total. The van der Waals surface area contributed by atoms with E-state index in [2.05, 4.69) is 53.3 Å². The predicted octanol–water partition coefficient (Wildman–Crippen LogP) is 4.77. The standard InChI is InChI=1S/C22H24N4O2/c1-4-26(18-7-5-6-15(2)12-18)22-23-16(3)13-21(25-22)24-17-8-9-19-20(14-17)28-11-10-27-19/h5-9,12-14H,4,10-11H2,1-3H3,(H,23,24,25). The summed E-state index contributed by atoms with van der Waals surface area (Å²) in [6.07, 6.45) is 0. The minimum Gasteiger partial charge on any atom is -0.486 e. The summed E-state index contributed by atoms with van der Waals surface area (Å²) in [6, 6.07) is 16.1. The van der Waals surface area contributed by atoms with Crippen LogP contribution in [0.5, 0.6) is 11.5 Å². The van der Waals surface area contributed by atoms with Gasteiger partial charge in [0.15, 0.2) is 11.5 Å². The van der Waals surface area contributed by atoms with Crippen LogP contribution >= 0.6 is 0 Å². The van der Waals surface area contributed by atoms with Crippen LogP contribution in [0.1, 0.15) is 18.2 Å².